The van der Waals surface area contributed by atoms with Crippen molar-refractivity contribution in [2.75, 3.05) is 0 Å². The van der Waals surface area contributed by atoms with Crippen LogP contribution in [0.5, 0.6) is 0 Å². The van der Waals surface area contributed by atoms with Crippen molar-refractivity contribution in [3.8, 4) is 11.3 Å². The highest BCUT2D eigenvalue weighted by atomic mass is 35.5. The summed E-state index contributed by atoms with van der Waals surface area (Å²) in [5, 5.41) is 2.84. The summed E-state index contributed by atoms with van der Waals surface area (Å²) in [7, 11) is 0. The van der Waals surface area contributed by atoms with Crippen LogP contribution >= 0.6 is 22.9 Å². The van der Waals surface area contributed by atoms with Crippen molar-refractivity contribution in [3.05, 3.63) is 46.6 Å². The maximum absolute atomic E-state index is 5.97. The minimum Gasteiger partial charge on any atom is -0.294 e. The van der Waals surface area contributed by atoms with Crippen LogP contribution in [0.2, 0.25) is 5.02 Å². The van der Waals surface area contributed by atoms with Gasteiger partial charge in [-0.15, -0.1) is 11.3 Å². The molecule has 2 aromatic heterocycles. The number of nitrogens with zero attached hydrogens (tertiary/aromatic N) is 2. The number of aryl methyl sites for hydroxylation is 1. The zero-order chi connectivity index (χ0) is 11.1. The van der Waals surface area contributed by atoms with Crippen LogP contribution in [0.3, 0.4) is 0 Å². The number of aromatic nitrogens is 2. The van der Waals surface area contributed by atoms with E-state index in [1.54, 1.807) is 11.3 Å². The molecule has 1 aromatic carbocycles. The monoisotopic (exact) mass is 248 g/mol. The smallest absolute Gasteiger partial charge is 0.194 e. The minimum atomic E-state index is 0.741. The van der Waals surface area contributed by atoms with E-state index in [9.17, 15) is 0 Å². The third-order valence-electron chi connectivity index (χ3n) is 2.51. The molecule has 0 fully saturated rings. The standard InChI is InChI=1S/C12H9ClN2S/c1-8-7-16-12-14-11(6-15(8)12)9-3-2-4-10(13)5-9/h2-7H,1H3. The molecule has 0 atom stereocenters. The van der Waals surface area contributed by atoms with Crippen LogP contribution < -0.4 is 0 Å². The lowest BCUT2D eigenvalue weighted by molar-refractivity contribution is 1.13. The molecule has 0 unspecified atom stereocenters. The molecular weight excluding hydrogens is 240 g/mol. The van der Waals surface area contributed by atoms with Crippen LogP contribution in [-0.4, -0.2) is 9.38 Å². The number of halogens is 1. The van der Waals surface area contributed by atoms with E-state index in [2.05, 4.69) is 21.7 Å². The van der Waals surface area contributed by atoms with E-state index in [0.29, 0.717) is 0 Å². The van der Waals surface area contributed by atoms with Gasteiger partial charge >= 0.3 is 0 Å². The molecular formula is C12H9ClN2S. The maximum Gasteiger partial charge on any atom is 0.194 e. The van der Waals surface area contributed by atoms with Gasteiger partial charge in [-0.05, 0) is 19.1 Å². The number of thiazole rings is 1. The molecule has 0 saturated carbocycles. The van der Waals surface area contributed by atoms with Gasteiger partial charge in [0.1, 0.15) is 0 Å². The predicted octanol–water partition coefficient (Wildman–Crippen LogP) is 4.02. The lowest BCUT2D eigenvalue weighted by Crippen LogP contribution is -1.79. The van der Waals surface area contributed by atoms with Gasteiger partial charge in [0.2, 0.25) is 0 Å². The van der Waals surface area contributed by atoms with Crippen LogP contribution in [0.4, 0.5) is 0 Å². The molecule has 16 heavy (non-hydrogen) atoms. The predicted molar refractivity (Wildman–Crippen MR) is 68.3 cm³/mol. The maximum atomic E-state index is 5.97. The highest BCUT2D eigenvalue weighted by Gasteiger charge is 2.07. The van der Waals surface area contributed by atoms with Gasteiger partial charge in [0.15, 0.2) is 4.96 Å². The highest BCUT2D eigenvalue weighted by Crippen LogP contribution is 2.25. The fraction of sp³-hybridized carbons (Fsp3) is 0.0833. The molecule has 0 amide bonds. The van der Waals surface area contributed by atoms with Crippen molar-refractivity contribution < 1.29 is 0 Å². The Bertz CT molecular complexity index is 654. The zero-order valence-corrected chi connectivity index (χ0v) is 10.2. The number of rotatable bonds is 1. The number of imidazole rings is 1. The van der Waals surface area contributed by atoms with Crippen molar-refractivity contribution in [3.63, 3.8) is 0 Å². The van der Waals surface area contributed by atoms with Crippen LogP contribution in [0.25, 0.3) is 16.2 Å². The molecule has 2 heterocycles. The number of benzene rings is 1. The summed E-state index contributed by atoms with van der Waals surface area (Å²) in [6.45, 7) is 2.08. The van der Waals surface area contributed by atoms with Crippen LogP contribution in [-0.2, 0) is 0 Å². The zero-order valence-electron chi connectivity index (χ0n) is 8.64. The Morgan fingerprint density at radius 2 is 2.25 bits per heavy atom. The van der Waals surface area contributed by atoms with Crippen molar-refractivity contribution >= 4 is 27.9 Å². The van der Waals surface area contributed by atoms with Gasteiger partial charge in [0.25, 0.3) is 0 Å². The summed E-state index contributed by atoms with van der Waals surface area (Å²) in [6, 6.07) is 7.77. The second-order valence-electron chi connectivity index (χ2n) is 3.67. The molecule has 4 heteroatoms. The Kier molecular flexibility index (Phi) is 2.23. The van der Waals surface area contributed by atoms with Gasteiger partial charge in [-0.3, -0.25) is 4.40 Å². The summed E-state index contributed by atoms with van der Waals surface area (Å²) in [4.78, 5) is 5.59. The summed E-state index contributed by atoms with van der Waals surface area (Å²) in [6.07, 6.45) is 2.05. The topological polar surface area (TPSA) is 17.3 Å². The van der Waals surface area contributed by atoms with Crippen molar-refractivity contribution in [2.45, 2.75) is 6.92 Å². The molecule has 0 bridgehead atoms. The lowest BCUT2D eigenvalue weighted by Gasteiger charge is -1.96. The molecule has 0 aliphatic heterocycles. The molecule has 0 N–H and O–H groups in total. The average molecular weight is 249 g/mol. The Morgan fingerprint density at radius 1 is 1.38 bits per heavy atom. The Labute approximate surface area is 102 Å². The first-order chi connectivity index (χ1) is 7.74. The fourth-order valence-electron chi connectivity index (χ4n) is 1.68. The molecule has 0 saturated heterocycles. The second kappa shape index (κ2) is 3.61. The normalized spacial score (nSPS) is 11.1. The van der Waals surface area contributed by atoms with Crippen LogP contribution in [0.15, 0.2) is 35.8 Å². The molecule has 80 valence electrons. The van der Waals surface area contributed by atoms with E-state index in [1.165, 1.54) is 5.69 Å². The second-order valence-corrected chi connectivity index (χ2v) is 4.94. The quantitative estimate of drug-likeness (QED) is 0.636. The van der Waals surface area contributed by atoms with Crippen LogP contribution in [0, 0.1) is 6.92 Å². The van der Waals surface area contributed by atoms with Crippen molar-refractivity contribution in [1.29, 1.82) is 0 Å². The first kappa shape index (κ1) is 9.87. The van der Waals surface area contributed by atoms with Gasteiger partial charge < -0.3 is 0 Å². The summed E-state index contributed by atoms with van der Waals surface area (Å²) in [5.41, 5.74) is 3.24. The number of fused-ring (bicyclic) bond motifs is 1. The number of hydrogen-bond acceptors (Lipinski definition) is 2. The van der Waals surface area contributed by atoms with E-state index in [4.69, 9.17) is 11.6 Å². The highest BCUT2D eigenvalue weighted by molar-refractivity contribution is 7.15. The van der Waals surface area contributed by atoms with Crippen molar-refractivity contribution in [2.24, 2.45) is 0 Å². The molecule has 0 spiro atoms. The molecule has 2 nitrogen and oxygen atoms in total. The Hall–Kier alpha value is -1.32. The van der Waals surface area contributed by atoms with Crippen LogP contribution in [0.1, 0.15) is 5.69 Å². The summed E-state index contributed by atoms with van der Waals surface area (Å²) >= 11 is 7.62. The minimum absolute atomic E-state index is 0.741. The SMILES string of the molecule is Cc1csc2nc(-c3cccc(Cl)c3)cn12. The Balaban J connectivity index is 2.19. The molecule has 0 aliphatic rings. The lowest BCUT2D eigenvalue weighted by atomic mass is 10.2. The van der Waals surface area contributed by atoms with E-state index in [1.807, 2.05) is 30.5 Å². The van der Waals surface area contributed by atoms with Gasteiger partial charge in [-0.1, -0.05) is 23.7 Å². The molecule has 3 aromatic rings. The first-order valence-corrected chi connectivity index (χ1v) is 6.19. The average Bonchev–Trinajstić information content (AvgIpc) is 2.81. The Morgan fingerprint density at radius 3 is 3.00 bits per heavy atom. The number of hydrogen-bond donors (Lipinski definition) is 0. The molecule has 3 rings (SSSR count). The summed E-state index contributed by atoms with van der Waals surface area (Å²) in [5.74, 6) is 0. The first-order valence-electron chi connectivity index (χ1n) is 4.93. The van der Waals surface area contributed by atoms with E-state index in [0.717, 1.165) is 21.2 Å². The third kappa shape index (κ3) is 1.52. The third-order valence-corrected chi connectivity index (χ3v) is 3.70. The summed E-state index contributed by atoms with van der Waals surface area (Å²) < 4.78 is 2.10. The van der Waals surface area contributed by atoms with E-state index < -0.39 is 0 Å². The molecule has 0 aliphatic carbocycles. The van der Waals surface area contributed by atoms with Gasteiger partial charge in [0, 0.05) is 27.9 Å². The fourth-order valence-corrected chi connectivity index (χ4v) is 2.72. The molecule has 0 radical (unpaired) electrons. The van der Waals surface area contributed by atoms with Gasteiger partial charge in [-0.25, -0.2) is 4.98 Å². The van der Waals surface area contributed by atoms with Gasteiger partial charge in [-0.2, -0.15) is 0 Å². The largest absolute Gasteiger partial charge is 0.294 e. The van der Waals surface area contributed by atoms with Crippen molar-refractivity contribution in [1.82, 2.24) is 9.38 Å². The van der Waals surface area contributed by atoms with E-state index >= 15 is 0 Å². The van der Waals surface area contributed by atoms with Gasteiger partial charge in [0.05, 0.1) is 5.69 Å². The van der Waals surface area contributed by atoms with E-state index in [-0.39, 0.29) is 0 Å².